The first-order valence-corrected chi connectivity index (χ1v) is 11.0. The van der Waals surface area contributed by atoms with Crippen LogP contribution in [0.15, 0.2) is 48.5 Å². The number of carbonyl (C=O) groups is 1. The number of halogens is 1. The summed E-state index contributed by atoms with van der Waals surface area (Å²) in [5, 5.41) is 0.613. The highest BCUT2D eigenvalue weighted by Gasteiger charge is 2.10. The van der Waals surface area contributed by atoms with Crippen LogP contribution in [0.3, 0.4) is 0 Å². The van der Waals surface area contributed by atoms with E-state index in [9.17, 15) is 4.79 Å². The molecule has 1 aliphatic rings. The number of methoxy groups -OCH3 is 1. The Morgan fingerprint density at radius 1 is 1.03 bits per heavy atom. The number of likely N-dealkylation sites (tertiary alicyclic amines) is 1. The third kappa shape index (κ3) is 6.89. The van der Waals surface area contributed by atoms with E-state index in [2.05, 4.69) is 4.90 Å². The van der Waals surface area contributed by atoms with Crippen LogP contribution in [0.5, 0.6) is 11.5 Å². The molecule has 30 heavy (non-hydrogen) atoms. The number of piperidine rings is 1. The van der Waals surface area contributed by atoms with Crippen LogP contribution in [0.25, 0.3) is 6.08 Å². The molecule has 0 spiro atoms. The average Bonchev–Trinajstić information content (AvgIpc) is 2.79. The minimum Gasteiger partial charge on any atom is -0.493 e. The largest absolute Gasteiger partial charge is 0.493 e. The molecule has 0 N–H and O–H groups in total. The zero-order valence-electron chi connectivity index (χ0n) is 17.6. The third-order valence-corrected chi connectivity index (χ3v) is 5.57. The maximum atomic E-state index is 12.3. The fourth-order valence-electron chi connectivity index (χ4n) is 3.59. The topological polar surface area (TPSA) is 38.8 Å². The van der Waals surface area contributed by atoms with Gasteiger partial charge in [0.25, 0.3) is 0 Å². The van der Waals surface area contributed by atoms with Gasteiger partial charge in [-0.25, -0.2) is 0 Å². The van der Waals surface area contributed by atoms with Gasteiger partial charge in [-0.2, -0.15) is 0 Å². The number of hydrogen-bond acceptors (Lipinski definition) is 4. The lowest BCUT2D eigenvalue weighted by molar-refractivity contribution is 0.104. The van der Waals surface area contributed by atoms with E-state index in [-0.39, 0.29) is 5.78 Å². The molecule has 0 radical (unpaired) electrons. The van der Waals surface area contributed by atoms with E-state index < -0.39 is 0 Å². The van der Waals surface area contributed by atoms with Crippen molar-refractivity contribution in [3.63, 3.8) is 0 Å². The molecule has 0 saturated carbocycles. The lowest BCUT2D eigenvalue weighted by Crippen LogP contribution is -2.30. The maximum Gasteiger partial charge on any atom is 0.185 e. The smallest absolute Gasteiger partial charge is 0.185 e. The lowest BCUT2D eigenvalue weighted by Gasteiger charge is -2.26. The van der Waals surface area contributed by atoms with Gasteiger partial charge >= 0.3 is 0 Å². The summed E-state index contributed by atoms with van der Waals surface area (Å²) in [5.41, 5.74) is 1.48. The van der Waals surface area contributed by atoms with Crippen molar-refractivity contribution < 1.29 is 14.3 Å². The van der Waals surface area contributed by atoms with E-state index in [1.807, 2.05) is 18.2 Å². The number of ether oxygens (including phenoxy) is 2. The highest BCUT2D eigenvalue weighted by atomic mass is 35.5. The summed E-state index contributed by atoms with van der Waals surface area (Å²) in [6.07, 6.45) is 9.55. The van der Waals surface area contributed by atoms with E-state index in [1.165, 1.54) is 32.4 Å². The van der Waals surface area contributed by atoms with Crippen molar-refractivity contribution in [2.75, 3.05) is 33.4 Å². The molecule has 0 unspecified atom stereocenters. The van der Waals surface area contributed by atoms with Gasteiger partial charge in [0.2, 0.25) is 0 Å². The monoisotopic (exact) mass is 427 g/mol. The molecule has 0 bridgehead atoms. The first-order valence-electron chi connectivity index (χ1n) is 10.7. The first kappa shape index (κ1) is 22.4. The minimum atomic E-state index is -0.0698. The van der Waals surface area contributed by atoms with Crippen molar-refractivity contribution in [2.24, 2.45) is 0 Å². The molecular formula is C25H30ClNO3. The summed E-state index contributed by atoms with van der Waals surface area (Å²) >= 11 is 5.87. The molecule has 160 valence electrons. The van der Waals surface area contributed by atoms with Crippen molar-refractivity contribution in [2.45, 2.75) is 32.1 Å². The fourth-order valence-corrected chi connectivity index (χ4v) is 3.72. The van der Waals surface area contributed by atoms with Crippen molar-refractivity contribution in [1.29, 1.82) is 0 Å². The predicted octanol–water partition coefficient (Wildman–Crippen LogP) is 5.89. The predicted molar refractivity (Wildman–Crippen MR) is 123 cm³/mol. The summed E-state index contributed by atoms with van der Waals surface area (Å²) in [7, 11) is 1.63. The minimum absolute atomic E-state index is 0.0698. The van der Waals surface area contributed by atoms with Crippen LogP contribution >= 0.6 is 11.6 Å². The molecule has 1 heterocycles. The summed E-state index contributed by atoms with van der Waals surface area (Å²) in [6.45, 7) is 4.31. The van der Waals surface area contributed by atoms with Crippen molar-refractivity contribution in [3.8, 4) is 11.5 Å². The van der Waals surface area contributed by atoms with Crippen molar-refractivity contribution in [1.82, 2.24) is 4.90 Å². The second-order valence-corrected chi connectivity index (χ2v) is 8.01. The van der Waals surface area contributed by atoms with Gasteiger partial charge in [0.15, 0.2) is 17.3 Å². The highest BCUT2D eigenvalue weighted by Crippen LogP contribution is 2.29. The number of unbranched alkanes of at least 4 members (excludes halogenated alkanes) is 1. The second kappa shape index (κ2) is 11.8. The molecule has 3 rings (SSSR count). The van der Waals surface area contributed by atoms with Crippen LogP contribution in [-0.4, -0.2) is 44.0 Å². The highest BCUT2D eigenvalue weighted by molar-refractivity contribution is 6.30. The quantitative estimate of drug-likeness (QED) is 0.269. The number of hydrogen-bond donors (Lipinski definition) is 0. The fraction of sp³-hybridized carbons (Fsp3) is 0.400. The molecule has 4 nitrogen and oxygen atoms in total. The van der Waals surface area contributed by atoms with Gasteiger partial charge < -0.3 is 14.4 Å². The molecule has 0 atom stereocenters. The normalized spacial score (nSPS) is 14.7. The van der Waals surface area contributed by atoms with Crippen LogP contribution in [0.4, 0.5) is 0 Å². The standard InChI is InChI=1S/C25H30ClNO3/c1-29-25-19-20(7-13-23(28)21-9-11-22(26)12-10-21)8-14-24(25)30-18-6-5-17-27-15-3-2-4-16-27/h7-14,19H,2-6,15-18H2,1H3/b13-7+. The van der Waals surface area contributed by atoms with Gasteiger partial charge in [-0.15, -0.1) is 0 Å². The molecule has 5 heteroatoms. The Morgan fingerprint density at radius 2 is 1.80 bits per heavy atom. The van der Waals surface area contributed by atoms with Crippen LogP contribution in [0.1, 0.15) is 48.0 Å². The Balaban J connectivity index is 1.48. The Morgan fingerprint density at radius 3 is 2.53 bits per heavy atom. The van der Waals surface area contributed by atoms with Crippen LogP contribution < -0.4 is 9.47 Å². The Kier molecular flexibility index (Phi) is 8.79. The number of ketones is 1. The van der Waals surface area contributed by atoms with Gasteiger partial charge in [0.05, 0.1) is 13.7 Å². The lowest BCUT2D eigenvalue weighted by atomic mass is 10.1. The summed E-state index contributed by atoms with van der Waals surface area (Å²) in [5.74, 6) is 1.34. The number of allylic oxidation sites excluding steroid dienone is 1. The van der Waals surface area contributed by atoms with Gasteiger partial charge in [-0.05, 0) is 93.4 Å². The molecular weight excluding hydrogens is 398 g/mol. The maximum absolute atomic E-state index is 12.3. The summed E-state index contributed by atoms with van der Waals surface area (Å²) in [4.78, 5) is 14.8. The molecule has 1 saturated heterocycles. The van der Waals surface area contributed by atoms with Crippen LogP contribution in [0.2, 0.25) is 5.02 Å². The van der Waals surface area contributed by atoms with Gasteiger partial charge in [0.1, 0.15) is 0 Å². The Bertz CT molecular complexity index is 842. The second-order valence-electron chi connectivity index (χ2n) is 7.57. The molecule has 1 fully saturated rings. The van der Waals surface area contributed by atoms with Crippen LogP contribution in [0, 0.1) is 0 Å². The number of carbonyl (C=O) groups excluding carboxylic acids is 1. The zero-order chi connectivity index (χ0) is 21.2. The Labute approximate surface area is 184 Å². The molecule has 2 aromatic rings. The number of rotatable bonds is 10. The Hall–Kier alpha value is -2.30. The van der Waals surface area contributed by atoms with Crippen molar-refractivity contribution >= 4 is 23.5 Å². The van der Waals surface area contributed by atoms with Gasteiger partial charge in [0, 0.05) is 10.6 Å². The number of nitrogens with zero attached hydrogens (tertiary/aromatic N) is 1. The zero-order valence-corrected chi connectivity index (χ0v) is 18.4. The average molecular weight is 428 g/mol. The van der Waals surface area contributed by atoms with E-state index in [0.29, 0.717) is 22.9 Å². The van der Waals surface area contributed by atoms with E-state index in [1.54, 1.807) is 43.5 Å². The first-order chi connectivity index (χ1) is 14.7. The molecule has 0 amide bonds. The molecule has 0 aromatic heterocycles. The van der Waals surface area contributed by atoms with Gasteiger partial charge in [-0.1, -0.05) is 30.2 Å². The molecule has 1 aliphatic heterocycles. The summed E-state index contributed by atoms with van der Waals surface area (Å²) in [6, 6.07) is 12.6. The van der Waals surface area contributed by atoms with Gasteiger partial charge in [-0.3, -0.25) is 4.79 Å². The van der Waals surface area contributed by atoms with Crippen LogP contribution in [-0.2, 0) is 0 Å². The number of benzene rings is 2. The molecule has 2 aromatic carbocycles. The van der Waals surface area contributed by atoms with E-state index >= 15 is 0 Å². The SMILES string of the molecule is COc1cc(/C=C/C(=O)c2ccc(Cl)cc2)ccc1OCCCCN1CCCCC1. The van der Waals surface area contributed by atoms with E-state index in [0.717, 1.165) is 30.7 Å². The summed E-state index contributed by atoms with van der Waals surface area (Å²) < 4.78 is 11.4. The van der Waals surface area contributed by atoms with E-state index in [4.69, 9.17) is 21.1 Å². The third-order valence-electron chi connectivity index (χ3n) is 5.32. The molecule has 0 aliphatic carbocycles. The van der Waals surface area contributed by atoms with Crippen molar-refractivity contribution in [3.05, 3.63) is 64.7 Å².